The Morgan fingerprint density at radius 3 is 2.31 bits per heavy atom. The largest absolute Gasteiger partial charge is 0.497 e. The lowest BCUT2D eigenvalue weighted by atomic mass is 9.99. The number of carbonyl (C=O) groups excluding carboxylic acids is 2. The lowest BCUT2D eigenvalue weighted by Gasteiger charge is -2.23. The van der Waals surface area contributed by atoms with E-state index >= 15 is 0 Å². The van der Waals surface area contributed by atoms with Crippen molar-refractivity contribution < 1.29 is 33.3 Å². The van der Waals surface area contributed by atoms with Crippen LogP contribution in [0.1, 0.15) is 34.5 Å². The molecule has 0 bridgehead atoms. The van der Waals surface area contributed by atoms with Crippen LogP contribution in [0.25, 0.3) is 10.9 Å². The van der Waals surface area contributed by atoms with Gasteiger partial charge in [0.25, 0.3) is 0 Å². The first-order valence-electron chi connectivity index (χ1n) is 12.1. The molecule has 3 aromatic carbocycles. The van der Waals surface area contributed by atoms with E-state index in [9.17, 15) is 14.4 Å². The summed E-state index contributed by atoms with van der Waals surface area (Å²) >= 11 is 0. The molecule has 1 unspecified atom stereocenters. The standard InChI is InChI=1S/C29H26N2O8/c1-4-37-17-7-5-16(6-8-17)27(32)21-14-31(22-13-25-24(38-15-39-25)12-20(22)28(21)33)26(29(30)34)19-10-9-18(35-2)11-23(19)36-3/h5-14,26H,4,15H2,1-3H3,(H2,30,34). The maximum absolute atomic E-state index is 13.7. The predicted octanol–water partition coefficient (Wildman–Crippen LogP) is 3.45. The summed E-state index contributed by atoms with van der Waals surface area (Å²) in [5.41, 5.74) is 6.28. The van der Waals surface area contributed by atoms with Crippen molar-refractivity contribution in [3.05, 3.63) is 87.7 Å². The van der Waals surface area contributed by atoms with Gasteiger partial charge in [0, 0.05) is 29.5 Å². The first-order chi connectivity index (χ1) is 18.9. The van der Waals surface area contributed by atoms with Gasteiger partial charge in [0.05, 0.1) is 37.3 Å². The fourth-order valence-corrected chi connectivity index (χ4v) is 4.62. The minimum absolute atomic E-state index is 0.0244. The van der Waals surface area contributed by atoms with E-state index in [0.717, 1.165) is 0 Å². The van der Waals surface area contributed by atoms with Gasteiger partial charge in [-0.25, -0.2) is 0 Å². The third-order valence-corrected chi connectivity index (χ3v) is 6.48. The van der Waals surface area contributed by atoms with Crippen molar-refractivity contribution in [2.24, 2.45) is 5.73 Å². The van der Waals surface area contributed by atoms with Crippen molar-refractivity contribution in [2.75, 3.05) is 27.6 Å². The number of methoxy groups -OCH3 is 2. The number of hydrogen-bond donors (Lipinski definition) is 1. The third kappa shape index (κ3) is 4.61. The van der Waals surface area contributed by atoms with Gasteiger partial charge in [-0.2, -0.15) is 0 Å². The molecule has 1 atom stereocenters. The monoisotopic (exact) mass is 530 g/mol. The molecule has 0 fully saturated rings. The number of amides is 1. The van der Waals surface area contributed by atoms with Crippen LogP contribution in [0.5, 0.6) is 28.7 Å². The molecule has 1 amide bonds. The molecular weight excluding hydrogens is 504 g/mol. The van der Waals surface area contributed by atoms with Gasteiger partial charge in [0.15, 0.2) is 17.3 Å². The summed E-state index contributed by atoms with van der Waals surface area (Å²) in [4.78, 5) is 40.3. The van der Waals surface area contributed by atoms with Gasteiger partial charge in [0.1, 0.15) is 23.3 Å². The summed E-state index contributed by atoms with van der Waals surface area (Å²) in [6.45, 7) is 2.31. The van der Waals surface area contributed by atoms with E-state index in [1.54, 1.807) is 48.5 Å². The first-order valence-corrected chi connectivity index (χ1v) is 12.1. The Balaban J connectivity index is 1.76. The van der Waals surface area contributed by atoms with E-state index in [4.69, 9.17) is 29.4 Å². The summed E-state index contributed by atoms with van der Waals surface area (Å²) in [6.07, 6.45) is 1.35. The minimum Gasteiger partial charge on any atom is -0.497 e. The molecule has 2 heterocycles. The summed E-state index contributed by atoms with van der Waals surface area (Å²) < 4.78 is 28.8. The van der Waals surface area contributed by atoms with Gasteiger partial charge in [-0.3, -0.25) is 14.4 Å². The number of hydrogen-bond acceptors (Lipinski definition) is 8. The molecule has 0 aliphatic carbocycles. The van der Waals surface area contributed by atoms with Crippen LogP contribution in [-0.4, -0.2) is 43.9 Å². The maximum Gasteiger partial charge on any atom is 0.245 e. The Kier molecular flexibility index (Phi) is 6.84. The molecular formula is C29H26N2O8. The van der Waals surface area contributed by atoms with Crippen LogP contribution in [0.3, 0.4) is 0 Å². The summed E-state index contributed by atoms with van der Waals surface area (Å²) in [5.74, 6) is 0.934. The number of pyridine rings is 1. The SMILES string of the molecule is CCOc1ccc(C(=O)c2cn(C(C(N)=O)c3ccc(OC)cc3OC)c3cc4c(cc3c2=O)OCO4)cc1. The van der Waals surface area contributed by atoms with Gasteiger partial charge < -0.3 is 34.0 Å². The Hall–Kier alpha value is -4.99. The van der Waals surface area contributed by atoms with E-state index in [2.05, 4.69) is 0 Å². The zero-order valence-corrected chi connectivity index (χ0v) is 21.6. The molecule has 10 heteroatoms. The lowest BCUT2D eigenvalue weighted by molar-refractivity contribution is -0.120. The highest BCUT2D eigenvalue weighted by atomic mass is 16.7. The lowest BCUT2D eigenvalue weighted by Crippen LogP contribution is -2.30. The Labute approximate surface area is 223 Å². The van der Waals surface area contributed by atoms with Crippen LogP contribution in [0, 0.1) is 0 Å². The van der Waals surface area contributed by atoms with Crippen molar-refractivity contribution in [3.63, 3.8) is 0 Å². The van der Waals surface area contributed by atoms with Crippen molar-refractivity contribution in [1.29, 1.82) is 0 Å². The Bertz CT molecular complexity index is 1640. The average molecular weight is 531 g/mol. The smallest absolute Gasteiger partial charge is 0.245 e. The number of ketones is 1. The van der Waals surface area contributed by atoms with E-state index in [1.807, 2.05) is 6.92 Å². The van der Waals surface area contributed by atoms with Crippen molar-refractivity contribution in [1.82, 2.24) is 4.57 Å². The van der Waals surface area contributed by atoms with Gasteiger partial charge in [-0.15, -0.1) is 0 Å². The molecule has 0 saturated heterocycles. The molecule has 1 aliphatic heterocycles. The van der Waals surface area contributed by atoms with Gasteiger partial charge in [-0.05, 0) is 49.4 Å². The fraction of sp³-hybridized carbons (Fsp3) is 0.207. The molecule has 2 N–H and O–H groups in total. The fourth-order valence-electron chi connectivity index (χ4n) is 4.62. The second-order valence-electron chi connectivity index (χ2n) is 8.70. The number of aromatic nitrogens is 1. The summed E-state index contributed by atoms with van der Waals surface area (Å²) in [7, 11) is 2.97. The molecule has 5 rings (SSSR count). The second-order valence-corrected chi connectivity index (χ2v) is 8.70. The van der Waals surface area contributed by atoms with E-state index in [-0.39, 0.29) is 23.3 Å². The van der Waals surface area contributed by atoms with Gasteiger partial charge in [-0.1, -0.05) is 0 Å². The number of nitrogens with zero attached hydrogens (tertiary/aromatic N) is 1. The van der Waals surface area contributed by atoms with Crippen molar-refractivity contribution >= 4 is 22.6 Å². The number of benzene rings is 3. The van der Waals surface area contributed by atoms with Gasteiger partial charge >= 0.3 is 0 Å². The molecule has 1 aliphatic rings. The maximum atomic E-state index is 13.7. The van der Waals surface area contributed by atoms with Gasteiger partial charge in [0.2, 0.25) is 18.1 Å². The highest BCUT2D eigenvalue weighted by molar-refractivity contribution is 6.10. The predicted molar refractivity (Wildman–Crippen MR) is 142 cm³/mol. The molecule has 0 radical (unpaired) electrons. The number of nitrogens with two attached hydrogens (primary N) is 1. The highest BCUT2D eigenvalue weighted by Gasteiger charge is 2.29. The topological polar surface area (TPSA) is 128 Å². The third-order valence-electron chi connectivity index (χ3n) is 6.48. The van der Waals surface area contributed by atoms with Crippen LogP contribution < -0.4 is 34.8 Å². The normalized spacial score (nSPS) is 12.7. The summed E-state index contributed by atoms with van der Waals surface area (Å²) in [6, 6.07) is 13.4. The number of fused-ring (bicyclic) bond motifs is 2. The van der Waals surface area contributed by atoms with Crippen molar-refractivity contribution in [2.45, 2.75) is 13.0 Å². The van der Waals surface area contributed by atoms with E-state index in [0.29, 0.717) is 46.4 Å². The molecule has 0 saturated carbocycles. The second kappa shape index (κ2) is 10.4. The van der Waals surface area contributed by atoms with E-state index in [1.165, 1.54) is 31.0 Å². The number of ether oxygens (including phenoxy) is 5. The zero-order valence-electron chi connectivity index (χ0n) is 21.6. The Morgan fingerprint density at radius 2 is 1.67 bits per heavy atom. The average Bonchev–Trinajstić information content (AvgIpc) is 3.41. The van der Waals surface area contributed by atoms with Crippen LogP contribution in [-0.2, 0) is 4.79 Å². The molecule has 10 nitrogen and oxygen atoms in total. The highest BCUT2D eigenvalue weighted by Crippen LogP contribution is 2.38. The number of primary amides is 1. The van der Waals surface area contributed by atoms with Crippen LogP contribution >= 0.6 is 0 Å². The quantitative estimate of drug-likeness (QED) is 0.326. The number of rotatable bonds is 9. The van der Waals surface area contributed by atoms with Crippen molar-refractivity contribution in [3.8, 4) is 28.7 Å². The van der Waals surface area contributed by atoms with E-state index < -0.39 is 23.2 Å². The van der Waals surface area contributed by atoms with Crippen LogP contribution in [0.4, 0.5) is 0 Å². The van der Waals surface area contributed by atoms with Crippen LogP contribution in [0.2, 0.25) is 0 Å². The molecule has 0 spiro atoms. The number of carbonyl (C=O) groups is 2. The first kappa shape index (κ1) is 25.7. The molecule has 39 heavy (non-hydrogen) atoms. The Morgan fingerprint density at radius 1 is 0.974 bits per heavy atom. The summed E-state index contributed by atoms with van der Waals surface area (Å²) in [5, 5.41) is 0.162. The minimum atomic E-state index is -1.15. The molecule has 200 valence electrons. The van der Waals surface area contributed by atoms with Crippen LogP contribution in [0.15, 0.2) is 65.6 Å². The molecule has 1 aromatic heterocycles. The zero-order chi connectivity index (χ0) is 27.7. The molecule has 4 aromatic rings.